The third-order valence-corrected chi connectivity index (χ3v) is 4.74. The van der Waals surface area contributed by atoms with Crippen LogP contribution >= 0.6 is 15.9 Å². The first kappa shape index (κ1) is 17.0. The second-order valence-electron chi connectivity index (χ2n) is 5.36. The van der Waals surface area contributed by atoms with E-state index >= 15 is 0 Å². The summed E-state index contributed by atoms with van der Waals surface area (Å²) < 4.78 is 6.16. The molecule has 1 fully saturated rings. The van der Waals surface area contributed by atoms with Gasteiger partial charge in [0.25, 0.3) is 0 Å². The summed E-state index contributed by atoms with van der Waals surface area (Å²) in [5.74, 6) is -1.34. The van der Waals surface area contributed by atoms with Crippen LogP contribution in [0.4, 0.5) is 0 Å². The average molecular weight is 370 g/mol. The van der Waals surface area contributed by atoms with E-state index < -0.39 is 12.0 Å². The van der Waals surface area contributed by atoms with Crippen LogP contribution in [0.3, 0.4) is 0 Å². The second-order valence-corrected chi connectivity index (χ2v) is 6.22. The quantitative estimate of drug-likeness (QED) is 0.864. The zero-order chi connectivity index (χ0) is 16.1. The standard InChI is InChI=1S/C16H20BrNO4/c1-2-11(9-12-5-3-4-6-13(12)17)15(19)18-7-8-22-10-14(18)16(20)21/h3-6,11,14H,2,7-10H2,1H3,(H,20,21). The summed E-state index contributed by atoms with van der Waals surface area (Å²) in [5.41, 5.74) is 1.06. The highest BCUT2D eigenvalue weighted by Crippen LogP contribution is 2.23. The zero-order valence-corrected chi connectivity index (χ0v) is 14.1. The highest BCUT2D eigenvalue weighted by Gasteiger charge is 2.35. The Morgan fingerprint density at radius 1 is 1.45 bits per heavy atom. The molecule has 1 N–H and O–H groups in total. The Bertz CT molecular complexity index is 549. The highest BCUT2D eigenvalue weighted by atomic mass is 79.9. The lowest BCUT2D eigenvalue weighted by atomic mass is 9.94. The highest BCUT2D eigenvalue weighted by molar-refractivity contribution is 9.10. The average Bonchev–Trinajstić information content (AvgIpc) is 2.53. The van der Waals surface area contributed by atoms with Gasteiger partial charge in [0, 0.05) is 16.9 Å². The van der Waals surface area contributed by atoms with Gasteiger partial charge in [-0.25, -0.2) is 4.79 Å². The number of benzene rings is 1. The molecule has 22 heavy (non-hydrogen) atoms. The van der Waals surface area contributed by atoms with Crippen molar-refractivity contribution in [2.75, 3.05) is 19.8 Å². The predicted molar refractivity (Wildman–Crippen MR) is 85.6 cm³/mol. The van der Waals surface area contributed by atoms with Gasteiger partial charge in [0.1, 0.15) is 0 Å². The number of carbonyl (C=O) groups excluding carboxylic acids is 1. The fraction of sp³-hybridized carbons (Fsp3) is 0.500. The van der Waals surface area contributed by atoms with Crippen LogP contribution in [0.2, 0.25) is 0 Å². The zero-order valence-electron chi connectivity index (χ0n) is 12.5. The third-order valence-electron chi connectivity index (χ3n) is 3.96. The summed E-state index contributed by atoms with van der Waals surface area (Å²) in [5, 5.41) is 9.26. The molecule has 1 heterocycles. The molecule has 0 saturated carbocycles. The minimum Gasteiger partial charge on any atom is -0.480 e. The van der Waals surface area contributed by atoms with Crippen molar-refractivity contribution in [2.45, 2.75) is 25.8 Å². The number of morpholine rings is 1. The molecule has 0 aromatic heterocycles. The lowest BCUT2D eigenvalue weighted by molar-refractivity contribution is -0.160. The Morgan fingerprint density at radius 3 is 2.82 bits per heavy atom. The number of hydrogen-bond donors (Lipinski definition) is 1. The van der Waals surface area contributed by atoms with Gasteiger partial charge in [-0.1, -0.05) is 41.1 Å². The van der Waals surface area contributed by atoms with Crippen LogP contribution in [0.15, 0.2) is 28.7 Å². The number of amides is 1. The van der Waals surface area contributed by atoms with Crippen LogP contribution in [0.25, 0.3) is 0 Å². The summed E-state index contributed by atoms with van der Waals surface area (Å²) in [6.07, 6.45) is 1.27. The molecule has 1 amide bonds. The molecule has 2 rings (SSSR count). The van der Waals surface area contributed by atoms with E-state index in [9.17, 15) is 14.7 Å². The maximum atomic E-state index is 12.8. The summed E-state index contributed by atoms with van der Waals surface area (Å²) in [4.78, 5) is 25.5. The number of carboxylic acids is 1. The van der Waals surface area contributed by atoms with E-state index in [0.29, 0.717) is 26.0 Å². The molecule has 1 aliphatic heterocycles. The van der Waals surface area contributed by atoms with Crippen molar-refractivity contribution in [3.05, 3.63) is 34.3 Å². The van der Waals surface area contributed by atoms with Gasteiger partial charge in [-0.15, -0.1) is 0 Å². The van der Waals surface area contributed by atoms with Gasteiger partial charge in [-0.05, 0) is 24.5 Å². The largest absolute Gasteiger partial charge is 0.480 e. The van der Waals surface area contributed by atoms with Gasteiger partial charge in [0.15, 0.2) is 6.04 Å². The molecule has 2 atom stereocenters. The number of halogens is 1. The fourth-order valence-electron chi connectivity index (χ4n) is 2.64. The van der Waals surface area contributed by atoms with Gasteiger partial charge in [0.05, 0.1) is 13.2 Å². The van der Waals surface area contributed by atoms with E-state index in [1.807, 2.05) is 31.2 Å². The lowest BCUT2D eigenvalue weighted by Crippen LogP contribution is -2.54. The molecule has 1 aliphatic rings. The smallest absolute Gasteiger partial charge is 0.328 e. The molecular formula is C16H20BrNO4. The molecule has 0 bridgehead atoms. The molecule has 1 saturated heterocycles. The van der Waals surface area contributed by atoms with Crippen molar-refractivity contribution < 1.29 is 19.4 Å². The van der Waals surface area contributed by atoms with Crippen molar-refractivity contribution in [3.63, 3.8) is 0 Å². The van der Waals surface area contributed by atoms with Gasteiger partial charge in [-0.2, -0.15) is 0 Å². The topological polar surface area (TPSA) is 66.8 Å². The van der Waals surface area contributed by atoms with E-state index in [0.717, 1.165) is 10.0 Å². The van der Waals surface area contributed by atoms with E-state index in [1.165, 1.54) is 4.90 Å². The summed E-state index contributed by atoms with van der Waals surface area (Å²) in [7, 11) is 0. The van der Waals surface area contributed by atoms with Gasteiger partial charge in [-0.3, -0.25) is 4.79 Å². The molecule has 0 spiro atoms. The number of rotatable bonds is 5. The summed E-state index contributed by atoms with van der Waals surface area (Å²) in [6.45, 7) is 2.74. The second kappa shape index (κ2) is 7.74. The molecule has 1 aromatic carbocycles. The molecule has 0 radical (unpaired) electrons. The summed E-state index contributed by atoms with van der Waals surface area (Å²) in [6, 6.07) is 6.91. The molecule has 6 heteroatoms. The van der Waals surface area contributed by atoms with Crippen molar-refractivity contribution in [2.24, 2.45) is 5.92 Å². The third kappa shape index (κ3) is 3.87. The maximum Gasteiger partial charge on any atom is 0.328 e. The number of aliphatic carboxylic acids is 1. The van der Waals surface area contributed by atoms with Gasteiger partial charge in [0.2, 0.25) is 5.91 Å². The minimum atomic E-state index is -1.01. The SMILES string of the molecule is CCC(Cc1ccccc1Br)C(=O)N1CCOCC1C(=O)O. The first-order valence-corrected chi connectivity index (χ1v) is 8.18. The monoisotopic (exact) mass is 369 g/mol. The number of hydrogen-bond acceptors (Lipinski definition) is 3. The minimum absolute atomic E-state index is 0.0620. The van der Waals surface area contributed by atoms with E-state index in [1.54, 1.807) is 0 Å². The van der Waals surface area contributed by atoms with Crippen LogP contribution in [-0.4, -0.2) is 47.7 Å². The molecule has 0 aliphatic carbocycles. The van der Waals surface area contributed by atoms with Gasteiger partial charge >= 0.3 is 5.97 Å². The van der Waals surface area contributed by atoms with Crippen molar-refractivity contribution in [1.29, 1.82) is 0 Å². The Balaban J connectivity index is 2.14. The molecular weight excluding hydrogens is 350 g/mol. The van der Waals surface area contributed by atoms with Crippen LogP contribution < -0.4 is 0 Å². The number of carboxylic acid groups (broad SMARTS) is 1. The molecule has 5 nitrogen and oxygen atoms in total. The maximum absolute atomic E-state index is 12.8. The predicted octanol–water partition coefficient (Wildman–Crippen LogP) is 2.33. The normalized spacial score (nSPS) is 19.7. The Kier molecular flexibility index (Phi) is 5.97. The molecule has 2 unspecified atom stereocenters. The van der Waals surface area contributed by atoms with Crippen LogP contribution in [-0.2, 0) is 20.7 Å². The van der Waals surface area contributed by atoms with Crippen LogP contribution in [0.5, 0.6) is 0 Å². The molecule has 1 aromatic rings. The number of ether oxygens (including phenoxy) is 1. The van der Waals surface area contributed by atoms with Crippen LogP contribution in [0.1, 0.15) is 18.9 Å². The Morgan fingerprint density at radius 2 is 2.18 bits per heavy atom. The van der Waals surface area contributed by atoms with E-state index in [2.05, 4.69) is 15.9 Å². The van der Waals surface area contributed by atoms with Gasteiger partial charge < -0.3 is 14.7 Å². The van der Waals surface area contributed by atoms with Crippen molar-refractivity contribution in [1.82, 2.24) is 4.90 Å². The number of carbonyl (C=O) groups is 2. The first-order valence-electron chi connectivity index (χ1n) is 7.39. The Labute approximate surface area is 138 Å². The first-order chi connectivity index (χ1) is 10.5. The van der Waals surface area contributed by atoms with E-state index in [-0.39, 0.29) is 18.4 Å². The van der Waals surface area contributed by atoms with Crippen LogP contribution in [0, 0.1) is 5.92 Å². The molecule has 120 valence electrons. The van der Waals surface area contributed by atoms with Crippen molar-refractivity contribution >= 4 is 27.8 Å². The van der Waals surface area contributed by atoms with Crippen molar-refractivity contribution in [3.8, 4) is 0 Å². The number of nitrogens with zero attached hydrogens (tertiary/aromatic N) is 1. The summed E-state index contributed by atoms with van der Waals surface area (Å²) >= 11 is 3.50. The van der Waals surface area contributed by atoms with E-state index in [4.69, 9.17) is 4.74 Å². The fourth-order valence-corrected chi connectivity index (χ4v) is 3.09. The Hall–Kier alpha value is -1.40. The lowest BCUT2D eigenvalue weighted by Gasteiger charge is -2.35.